The third-order valence-electron chi connectivity index (χ3n) is 3.91. The fourth-order valence-electron chi connectivity index (χ4n) is 2.52. The Bertz CT molecular complexity index is 889. The lowest BCUT2D eigenvalue weighted by atomic mass is 9.86. The van der Waals surface area contributed by atoms with Crippen LogP contribution in [0.15, 0.2) is 54.2 Å². The number of amides is 1. The van der Waals surface area contributed by atoms with Gasteiger partial charge in [0.1, 0.15) is 11.6 Å². The molecule has 0 spiro atoms. The summed E-state index contributed by atoms with van der Waals surface area (Å²) in [7, 11) is 0. The van der Waals surface area contributed by atoms with Gasteiger partial charge in [-0.2, -0.15) is 5.26 Å². The van der Waals surface area contributed by atoms with Gasteiger partial charge in [0.15, 0.2) is 0 Å². The van der Waals surface area contributed by atoms with E-state index in [-0.39, 0.29) is 11.0 Å². The van der Waals surface area contributed by atoms with E-state index in [1.165, 1.54) is 6.20 Å². The summed E-state index contributed by atoms with van der Waals surface area (Å²) in [6, 6.07) is 15.6. The summed E-state index contributed by atoms with van der Waals surface area (Å²) in [5, 5.41) is 15.3. The summed E-state index contributed by atoms with van der Waals surface area (Å²) in [5.41, 5.74) is 3.62. The zero-order chi connectivity index (χ0) is 19.3. The zero-order valence-corrected chi connectivity index (χ0v) is 17.5. The van der Waals surface area contributed by atoms with Gasteiger partial charge in [-0.1, -0.05) is 39.0 Å². The van der Waals surface area contributed by atoms with Crippen molar-refractivity contribution in [1.82, 2.24) is 0 Å². The van der Waals surface area contributed by atoms with E-state index in [2.05, 4.69) is 54.0 Å². The number of carbonyl (C=O) groups excluding carboxylic acids is 1. The van der Waals surface area contributed by atoms with Crippen molar-refractivity contribution in [2.24, 2.45) is 0 Å². The molecule has 0 aliphatic carbocycles. The highest BCUT2D eigenvalue weighted by Gasteiger charge is 2.17. The molecule has 0 heterocycles. The van der Waals surface area contributed by atoms with Crippen LogP contribution in [0.1, 0.15) is 31.9 Å². The molecule has 2 N–H and O–H groups in total. The number of halogens is 1. The Morgan fingerprint density at radius 3 is 2.46 bits per heavy atom. The van der Waals surface area contributed by atoms with E-state index in [0.717, 1.165) is 20.4 Å². The second-order valence-corrected chi connectivity index (χ2v) is 8.27. The molecule has 0 saturated heterocycles. The van der Waals surface area contributed by atoms with E-state index in [4.69, 9.17) is 0 Å². The van der Waals surface area contributed by atoms with Crippen LogP contribution in [0.5, 0.6) is 0 Å². The minimum Gasteiger partial charge on any atom is -0.360 e. The van der Waals surface area contributed by atoms with Gasteiger partial charge in [-0.15, -0.1) is 0 Å². The summed E-state index contributed by atoms with van der Waals surface area (Å²) >= 11 is 2.22. The fraction of sp³-hybridized carbons (Fsp3) is 0.238. The molecule has 5 heteroatoms. The van der Waals surface area contributed by atoms with Crippen LogP contribution in [0.25, 0.3) is 0 Å². The number of carbonyl (C=O) groups is 1. The van der Waals surface area contributed by atoms with Crippen LogP contribution in [-0.2, 0) is 10.2 Å². The number of nitriles is 1. The molecule has 0 unspecified atom stereocenters. The second kappa shape index (κ2) is 8.37. The van der Waals surface area contributed by atoms with E-state index >= 15 is 0 Å². The minimum atomic E-state index is -0.433. The van der Waals surface area contributed by atoms with Crippen LogP contribution in [0.4, 0.5) is 11.4 Å². The Morgan fingerprint density at radius 1 is 1.15 bits per heavy atom. The van der Waals surface area contributed by atoms with Gasteiger partial charge in [0.2, 0.25) is 0 Å². The van der Waals surface area contributed by atoms with E-state index in [9.17, 15) is 10.1 Å². The summed E-state index contributed by atoms with van der Waals surface area (Å²) < 4.78 is 1.09. The number of aryl methyl sites for hydroxylation is 1. The number of rotatable bonds is 4. The topological polar surface area (TPSA) is 64.9 Å². The van der Waals surface area contributed by atoms with Crippen LogP contribution in [-0.4, -0.2) is 5.91 Å². The molecule has 1 amide bonds. The van der Waals surface area contributed by atoms with Gasteiger partial charge in [0.25, 0.3) is 5.91 Å². The van der Waals surface area contributed by atoms with Crippen LogP contribution in [0.2, 0.25) is 0 Å². The second-order valence-electron chi connectivity index (χ2n) is 7.02. The number of para-hydroxylation sites is 1. The Morgan fingerprint density at radius 2 is 1.85 bits per heavy atom. The van der Waals surface area contributed by atoms with Crippen LogP contribution >= 0.6 is 22.6 Å². The lowest BCUT2D eigenvalue weighted by Gasteiger charge is -2.22. The molecule has 0 aromatic heterocycles. The third-order valence-corrected chi connectivity index (χ3v) is 4.58. The summed E-state index contributed by atoms with van der Waals surface area (Å²) in [6.45, 7) is 8.28. The van der Waals surface area contributed by atoms with E-state index < -0.39 is 5.91 Å². The molecule has 2 aromatic carbocycles. The van der Waals surface area contributed by atoms with E-state index in [1.54, 1.807) is 0 Å². The maximum Gasteiger partial charge on any atom is 0.267 e. The molecule has 0 bridgehead atoms. The highest BCUT2D eigenvalue weighted by atomic mass is 127. The highest BCUT2D eigenvalue weighted by molar-refractivity contribution is 14.1. The molecule has 4 nitrogen and oxygen atoms in total. The summed E-state index contributed by atoms with van der Waals surface area (Å²) in [5.74, 6) is -0.433. The number of anilines is 2. The van der Waals surface area contributed by atoms with Gasteiger partial charge >= 0.3 is 0 Å². The first-order chi connectivity index (χ1) is 12.2. The van der Waals surface area contributed by atoms with Crippen LogP contribution in [0.3, 0.4) is 0 Å². The van der Waals surface area contributed by atoms with Crippen molar-refractivity contribution in [2.75, 3.05) is 10.6 Å². The molecule has 0 aliphatic heterocycles. The lowest BCUT2D eigenvalue weighted by molar-refractivity contribution is -0.112. The van der Waals surface area contributed by atoms with Gasteiger partial charge in [0.05, 0.1) is 0 Å². The number of hydrogen-bond acceptors (Lipinski definition) is 3. The monoisotopic (exact) mass is 459 g/mol. The largest absolute Gasteiger partial charge is 0.360 e. The van der Waals surface area contributed by atoms with Gasteiger partial charge in [-0.05, 0) is 70.3 Å². The molecule has 2 aromatic rings. The van der Waals surface area contributed by atoms with Gasteiger partial charge < -0.3 is 10.6 Å². The van der Waals surface area contributed by atoms with Gasteiger partial charge in [-0.3, -0.25) is 4.79 Å². The predicted octanol–water partition coefficient (Wildman–Crippen LogP) is 5.36. The van der Waals surface area contributed by atoms with Crippen molar-refractivity contribution < 1.29 is 4.79 Å². The van der Waals surface area contributed by atoms with Crippen LogP contribution in [0, 0.1) is 21.8 Å². The number of nitrogens with one attached hydrogen (secondary N) is 2. The molecule has 2 rings (SSSR count). The first-order valence-electron chi connectivity index (χ1n) is 8.26. The molecule has 134 valence electrons. The van der Waals surface area contributed by atoms with Crippen molar-refractivity contribution in [2.45, 2.75) is 33.1 Å². The predicted molar refractivity (Wildman–Crippen MR) is 115 cm³/mol. The van der Waals surface area contributed by atoms with Crippen molar-refractivity contribution >= 4 is 39.9 Å². The first-order valence-corrected chi connectivity index (χ1v) is 9.34. The Balaban J connectivity index is 2.21. The number of hydrogen-bond donors (Lipinski definition) is 2. The summed E-state index contributed by atoms with van der Waals surface area (Å²) in [4.78, 5) is 12.4. The fourth-order valence-corrected chi connectivity index (χ4v) is 3.17. The molecular weight excluding hydrogens is 437 g/mol. The standard InChI is InChI=1S/C21H22IN3O/c1-14-11-16(22)9-10-18(14)25-20(26)15(12-23)13-24-19-8-6-5-7-17(19)21(2,3)4/h5-11,13,24H,1-4H3,(H,25,26)/b15-13-. The SMILES string of the molecule is Cc1cc(I)ccc1NC(=O)/C(C#N)=C\Nc1ccccc1C(C)(C)C. The smallest absolute Gasteiger partial charge is 0.267 e. The van der Waals surface area contributed by atoms with E-state index in [1.807, 2.05) is 55.5 Å². The molecular formula is C21H22IN3O. The van der Waals surface area contributed by atoms with Crippen molar-refractivity contribution in [3.8, 4) is 6.07 Å². The zero-order valence-electron chi connectivity index (χ0n) is 15.4. The highest BCUT2D eigenvalue weighted by Crippen LogP contribution is 2.29. The number of nitrogens with zero attached hydrogens (tertiary/aromatic N) is 1. The molecule has 0 fully saturated rings. The van der Waals surface area contributed by atoms with Gasteiger partial charge in [-0.25, -0.2) is 0 Å². The average Bonchev–Trinajstić information content (AvgIpc) is 2.57. The Hall–Kier alpha value is -2.33. The molecule has 0 atom stereocenters. The van der Waals surface area contributed by atoms with Crippen LogP contribution < -0.4 is 10.6 Å². The van der Waals surface area contributed by atoms with Crippen molar-refractivity contribution in [1.29, 1.82) is 5.26 Å². The molecule has 0 aliphatic rings. The lowest BCUT2D eigenvalue weighted by Crippen LogP contribution is -2.16. The average molecular weight is 459 g/mol. The van der Waals surface area contributed by atoms with Gasteiger partial charge in [0, 0.05) is 21.1 Å². The Kier molecular flexibility index (Phi) is 6.43. The maximum atomic E-state index is 12.4. The van der Waals surface area contributed by atoms with Crippen molar-refractivity contribution in [3.05, 3.63) is 68.9 Å². The Labute approximate surface area is 168 Å². The summed E-state index contributed by atoms with van der Waals surface area (Å²) in [6.07, 6.45) is 1.46. The minimum absolute atomic E-state index is 0.0201. The maximum absolute atomic E-state index is 12.4. The quantitative estimate of drug-likeness (QED) is 0.368. The normalized spacial score (nSPS) is 11.6. The molecule has 0 saturated carbocycles. The first kappa shape index (κ1) is 20.0. The third kappa shape index (κ3) is 5.09. The molecule has 0 radical (unpaired) electrons. The molecule has 26 heavy (non-hydrogen) atoms. The van der Waals surface area contributed by atoms with Crippen molar-refractivity contribution in [3.63, 3.8) is 0 Å². The van der Waals surface area contributed by atoms with E-state index in [0.29, 0.717) is 5.69 Å². The number of benzene rings is 2.